The first-order valence-electron chi connectivity index (χ1n) is 10.4. The molecule has 2 aliphatic heterocycles. The van der Waals surface area contributed by atoms with E-state index in [-0.39, 0.29) is 23.4 Å². The quantitative estimate of drug-likeness (QED) is 0.671. The Kier molecular flexibility index (Phi) is 4.90. The molecule has 0 aliphatic carbocycles. The van der Waals surface area contributed by atoms with Crippen molar-refractivity contribution < 1.29 is 18.0 Å². The molecule has 1 atom stereocenters. The summed E-state index contributed by atoms with van der Waals surface area (Å²) in [6.07, 6.45) is -0.799. The smallest absolute Gasteiger partial charge is 0.324 e. The summed E-state index contributed by atoms with van der Waals surface area (Å²) in [7, 11) is 1.47. The SMILES string of the molecule is Cn1cc(-c2ccc(C3CN(C(=O)N4CC[C@H](c5ncn[nH]5)C4)C3)cc2)c(C(F)(F)F)n1. The first-order chi connectivity index (χ1) is 15.3. The molecule has 11 heteroatoms. The van der Waals surface area contributed by atoms with E-state index >= 15 is 0 Å². The zero-order chi connectivity index (χ0) is 22.5. The normalized spacial score (nSPS) is 19.4. The van der Waals surface area contributed by atoms with Crippen LogP contribution in [0.3, 0.4) is 0 Å². The minimum Gasteiger partial charge on any atom is -0.324 e. The fourth-order valence-electron chi connectivity index (χ4n) is 4.46. The highest BCUT2D eigenvalue weighted by Crippen LogP contribution is 2.37. The topological polar surface area (TPSA) is 82.9 Å². The van der Waals surface area contributed by atoms with Gasteiger partial charge in [-0.3, -0.25) is 9.78 Å². The van der Waals surface area contributed by atoms with Crippen LogP contribution in [0, 0.1) is 0 Å². The molecule has 2 aromatic heterocycles. The van der Waals surface area contributed by atoms with Gasteiger partial charge in [-0.2, -0.15) is 23.4 Å². The van der Waals surface area contributed by atoms with Crippen LogP contribution in [0.15, 0.2) is 36.8 Å². The summed E-state index contributed by atoms with van der Waals surface area (Å²) >= 11 is 0. The van der Waals surface area contributed by atoms with E-state index in [9.17, 15) is 18.0 Å². The number of nitrogens with zero attached hydrogens (tertiary/aromatic N) is 6. The summed E-state index contributed by atoms with van der Waals surface area (Å²) in [5.74, 6) is 1.17. The molecule has 168 valence electrons. The molecule has 1 N–H and O–H groups in total. The fourth-order valence-corrected chi connectivity index (χ4v) is 4.46. The predicted molar refractivity (Wildman–Crippen MR) is 109 cm³/mol. The number of aromatic amines is 1. The standard InChI is InChI=1S/C21H22F3N7O/c1-29-11-17(18(28-29)21(22,23)24)14-4-2-13(3-5-14)16-9-31(10-16)20(32)30-7-6-15(8-30)19-25-12-26-27-19/h2-5,11-12,15-16H,6-10H2,1H3,(H,25,26,27)/t15-/m0/s1. The van der Waals surface area contributed by atoms with Crippen molar-refractivity contribution in [2.45, 2.75) is 24.4 Å². The third-order valence-corrected chi connectivity index (χ3v) is 6.22. The lowest BCUT2D eigenvalue weighted by Gasteiger charge is -2.41. The number of aryl methyl sites for hydroxylation is 1. The molecule has 0 unspecified atom stereocenters. The van der Waals surface area contributed by atoms with Crippen molar-refractivity contribution in [3.05, 3.63) is 53.9 Å². The van der Waals surface area contributed by atoms with Gasteiger partial charge >= 0.3 is 12.2 Å². The molecule has 0 bridgehead atoms. The molecule has 4 heterocycles. The molecule has 0 saturated carbocycles. The zero-order valence-electron chi connectivity index (χ0n) is 17.4. The number of hydrogen-bond donors (Lipinski definition) is 1. The maximum Gasteiger partial charge on any atom is 0.435 e. The lowest BCUT2D eigenvalue weighted by molar-refractivity contribution is -0.140. The van der Waals surface area contributed by atoms with Gasteiger partial charge in [-0.05, 0) is 17.5 Å². The molecule has 2 aliphatic rings. The minimum atomic E-state index is -4.51. The number of amides is 2. The summed E-state index contributed by atoms with van der Waals surface area (Å²) in [5.41, 5.74) is 0.655. The van der Waals surface area contributed by atoms with E-state index in [1.807, 2.05) is 21.9 Å². The van der Waals surface area contributed by atoms with Crippen molar-refractivity contribution in [2.24, 2.45) is 7.05 Å². The second-order valence-corrected chi connectivity index (χ2v) is 8.37. The molecule has 3 aromatic rings. The Balaban J connectivity index is 1.20. The van der Waals surface area contributed by atoms with Crippen LogP contribution in [0.5, 0.6) is 0 Å². The largest absolute Gasteiger partial charge is 0.435 e. The average Bonchev–Trinajstić information content (AvgIpc) is 3.47. The van der Waals surface area contributed by atoms with Crippen LogP contribution in [-0.2, 0) is 13.2 Å². The number of benzene rings is 1. The number of carbonyl (C=O) groups excluding carboxylic acids is 1. The van der Waals surface area contributed by atoms with Crippen molar-refractivity contribution in [3.63, 3.8) is 0 Å². The van der Waals surface area contributed by atoms with E-state index in [0.717, 1.165) is 17.8 Å². The number of hydrogen-bond acceptors (Lipinski definition) is 4. The number of halogens is 3. The highest BCUT2D eigenvalue weighted by molar-refractivity contribution is 5.76. The molecule has 2 saturated heterocycles. The number of nitrogens with one attached hydrogen (secondary N) is 1. The van der Waals surface area contributed by atoms with Gasteiger partial charge in [0.2, 0.25) is 0 Å². The third kappa shape index (κ3) is 3.71. The highest BCUT2D eigenvalue weighted by atomic mass is 19.4. The van der Waals surface area contributed by atoms with E-state index in [2.05, 4.69) is 20.3 Å². The van der Waals surface area contributed by atoms with Gasteiger partial charge in [0.1, 0.15) is 12.2 Å². The predicted octanol–water partition coefficient (Wildman–Crippen LogP) is 3.23. The van der Waals surface area contributed by atoms with Crippen molar-refractivity contribution in [3.8, 4) is 11.1 Å². The van der Waals surface area contributed by atoms with E-state index in [0.29, 0.717) is 31.7 Å². The fraction of sp³-hybridized carbons (Fsp3) is 0.429. The van der Waals surface area contributed by atoms with Crippen LogP contribution in [0.1, 0.15) is 35.3 Å². The molecular formula is C21H22F3N7O. The van der Waals surface area contributed by atoms with Crippen molar-refractivity contribution in [1.82, 2.24) is 34.8 Å². The molecule has 8 nitrogen and oxygen atoms in total. The lowest BCUT2D eigenvalue weighted by Crippen LogP contribution is -2.53. The average molecular weight is 445 g/mol. The summed E-state index contributed by atoms with van der Waals surface area (Å²) in [6.45, 7) is 2.51. The Labute approximate surface area is 182 Å². The zero-order valence-corrected chi connectivity index (χ0v) is 17.4. The number of alkyl halides is 3. The minimum absolute atomic E-state index is 0.0186. The number of aromatic nitrogens is 5. The Morgan fingerprint density at radius 1 is 1.09 bits per heavy atom. The van der Waals surface area contributed by atoms with Crippen LogP contribution in [0.4, 0.5) is 18.0 Å². The van der Waals surface area contributed by atoms with E-state index in [1.54, 1.807) is 12.1 Å². The van der Waals surface area contributed by atoms with Crippen LogP contribution >= 0.6 is 0 Å². The number of carbonyl (C=O) groups is 1. The number of likely N-dealkylation sites (tertiary alicyclic amines) is 2. The summed E-state index contributed by atoms with van der Waals surface area (Å²) in [4.78, 5) is 20.6. The second kappa shape index (κ2) is 7.64. The van der Waals surface area contributed by atoms with Gasteiger partial charge in [-0.25, -0.2) is 9.78 Å². The maximum atomic E-state index is 13.2. The molecular weight excluding hydrogens is 423 g/mol. The molecule has 32 heavy (non-hydrogen) atoms. The van der Waals surface area contributed by atoms with Gasteiger partial charge in [0.25, 0.3) is 0 Å². The molecule has 1 aromatic carbocycles. The third-order valence-electron chi connectivity index (χ3n) is 6.22. The van der Waals surface area contributed by atoms with Gasteiger partial charge in [0.05, 0.1) is 0 Å². The Bertz CT molecular complexity index is 1100. The van der Waals surface area contributed by atoms with Crippen LogP contribution < -0.4 is 0 Å². The van der Waals surface area contributed by atoms with Gasteiger partial charge in [-0.1, -0.05) is 24.3 Å². The Morgan fingerprint density at radius 2 is 1.81 bits per heavy atom. The molecule has 5 rings (SSSR count). The molecule has 2 amide bonds. The van der Waals surface area contributed by atoms with Crippen molar-refractivity contribution in [2.75, 3.05) is 26.2 Å². The maximum absolute atomic E-state index is 13.2. The summed E-state index contributed by atoms with van der Waals surface area (Å²) < 4.78 is 40.9. The molecule has 0 spiro atoms. The van der Waals surface area contributed by atoms with Crippen LogP contribution in [0.2, 0.25) is 0 Å². The lowest BCUT2D eigenvalue weighted by atomic mass is 9.90. The van der Waals surface area contributed by atoms with Crippen LogP contribution in [-0.4, -0.2) is 67.0 Å². The Morgan fingerprint density at radius 3 is 2.47 bits per heavy atom. The van der Waals surface area contributed by atoms with Crippen molar-refractivity contribution >= 4 is 6.03 Å². The number of rotatable bonds is 3. The first-order valence-corrected chi connectivity index (χ1v) is 10.4. The summed E-state index contributed by atoms with van der Waals surface area (Å²) in [6, 6.07) is 7.07. The van der Waals surface area contributed by atoms with Crippen molar-refractivity contribution in [1.29, 1.82) is 0 Å². The second-order valence-electron chi connectivity index (χ2n) is 8.37. The first kappa shape index (κ1) is 20.5. The van der Waals surface area contributed by atoms with Gasteiger partial charge in [0, 0.05) is 56.8 Å². The monoisotopic (exact) mass is 445 g/mol. The molecule has 0 radical (unpaired) electrons. The summed E-state index contributed by atoms with van der Waals surface area (Å²) in [5, 5.41) is 10.3. The van der Waals surface area contributed by atoms with E-state index in [1.165, 1.54) is 24.3 Å². The van der Waals surface area contributed by atoms with Gasteiger partial charge in [-0.15, -0.1) is 0 Å². The highest BCUT2D eigenvalue weighted by Gasteiger charge is 2.39. The van der Waals surface area contributed by atoms with Gasteiger partial charge in [0.15, 0.2) is 5.69 Å². The van der Waals surface area contributed by atoms with Crippen LogP contribution in [0.25, 0.3) is 11.1 Å². The number of urea groups is 1. The van der Waals surface area contributed by atoms with E-state index < -0.39 is 11.9 Å². The Hall–Kier alpha value is -3.37. The number of H-pyrrole nitrogens is 1. The van der Waals surface area contributed by atoms with E-state index in [4.69, 9.17) is 0 Å². The van der Waals surface area contributed by atoms with Gasteiger partial charge < -0.3 is 9.80 Å². The molecule has 2 fully saturated rings.